The number of hydrogen-bond acceptors (Lipinski definition) is 3. The van der Waals surface area contributed by atoms with Crippen LogP contribution in [0.25, 0.3) is 0 Å². The molecule has 1 aromatic rings. The van der Waals surface area contributed by atoms with Crippen LogP contribution in [0.5, 0.6) is 0 Å². The van der Waals surface area contributed by atoms with Crippen LogP contribution >= 0.6 is 12.4 Å². The quantitative estimate of drug-likeness (QED) is 0.886. The number of sulfonamides is 1. The van der Waals surface area contributed by atoms with E-state index in [-0.39, 0.29) is 18.4 Å². The molecule has 2 N–H and O–H groups in total. The second-order valence-corrected chi connectivity index (χ2v) is 6.20. The molecule has 1 saturated heterocycles. The predicted molar refractivity (Wildman–Crippen MR) is 74.6 cm³/mol. The van der Waals surface area contributed by atoms with Crippen molar-refractivity contribution in [3.05, 3.63) is 29.8 Å². The van der Waals surface area contributed by atoms with Gasteiger partial charge in [-0.3, -0.25) is 0 Å². The van der Waals surface area contributed by atoms with Crippen molar-refractivity contribution < 1.29 is 8.42 Å². The Morgan fingerprint density at radius 2 is 2.17 bits per heavy atom. The summed E-state index contributed by atoms with van der Waals surface area (Å²) in [4.78, 5) is 0.350. The zero-order valence-corrected chi connectivity index (χ0v) is 12.0. The Morgan fingerprint density at radius 3 is 2.78 bits per heavy atom. The molecule has 0 radical (unpaired) electrons. The van der Waals surface area contributed by atoms with Gasteiger partial charge in [0.05, 0.1) is 4.90 Å². The maximum atomic E-state index is 12.1. The fourth-order valence-electron chi connectivity index (χ4n) is 2.02. The van der Waals surface area contributed by atoms with E-state index < -0.39 is 10.0 Å². The van der Waals surface area contributed by atoms with Crippen molar-refractivity contribution in [1.82, 2.24) is 10.0 Å². The first kappa shape index (κ1) is 15.4. The van der Waals surface area contributed by atoms with Crippen molar-refractivity contribution in [2.75, 3.05) is 13.1 Å². The Bertz CT molecular complexity index is 485. The molecule has 0 bridgehead atoms. The number of rotatable bonds is 3. The fraction of sp³-hybridized carbons (Fsp3) is 0.500. The molecule has 0 aliphatic carbocycles. The molecule has 6 heteroatoms. The Labute approximate surface area is 115 Å². The summed E-state index contributed by atoms with van der Waals surface area (Å²) in [7, 11) is -3.37. The molecule has 4 nitrogen and oxygen atoms in total. The highest BCUT2D eigenvalue weighted by Gasteiger charge is 2.21. The van der Waals surface area contributed by atoms with E-state index in [0.29, 0.717) is 11.4 Å². The summed E-state index contributed by atoms with van der Waals surface area (Å²) in [5, 5.41) is 3.19. The topological polar surface area (TPSA) is 58.2 Å². The highest BCUT2D eigenvalue weighted by atomic mass is 35.5. The van der Waals surface area contributed by atoms with Crippen molar-refractivity contribution in [3.8, 4) is 0 Å². The van der Waals surface area contributed by atoms with Gasteiger partial charge in [-0.25, -0.2) is 13.1 Å². The lowest BCUT2D eigenvalue weighted by Gasteiger charge is -2.23. The Morgan fingerprint density at radius 1 is 1.39 bits per heavy atom. The maximum Gasteiger partial charge on any atom is 0.240 e. The molecule has 1 aliphatic rings. The highest BCUT2D eigenvalue weighted by Crippen LogP contribution is 2.13. The smallest absolute Gasteiger partial charge is 0.240 e. The number of piperidine rings is 1. The largest absolute Gasteiger partial charge is 0.315 e. The van der Waals surface area contributed by atoms with E-state index in [0.717, 1.165) is 24.9 Å². The lowest BCUT2D eigenvalue weighted by Crippen LogP contribution is -2.45. The summed E-state index contributed by atoms with van der Waals surface area (Å²) < 4.78 is 27.0. The molecule has 0 amide bonds. The van der Waals surface area contributed by atoms with Gasteiger partial charge in [0.15, 0.2) is 0 Å². The van der Waals surface area contributed by atoms with Crippen LogP contribution in [0.1, 0.15) is 18.4 Å². The molecule has 0 saturated carbocycles. The number of hydrogen-bond donors (Lipinski definition) is 2. The van der Waals surface area contributed by atoms with E-state index in [9.17, 15) is 8.42 Å². The molecule has 1 unspecified atom stereocenters. The molecule has 0 spiro atoms. The predicted octanol–water partition coefficient (Wildman–Crippen LogP) is 1.45. The van der Waals surface area contributed by atoms with Crippen LogP contribution in [-0.4, -0.2) is 27.5 Å². The van der Waals surface area contributed by atoms with Crippen LogP contribution in [0.4, 0.5) is 0 Å². The molecule has 18 heavy (non-hydrogen) atoms. The normalized spacial score (nSPS) is 20.2. The zero-order chi connectivity index (χ0) is 12.3. The van der Waals surface area contributed by atoms with Gasteiger partial charge in [-0.2, -0.15) is 0 Å². The minimum atomic E-state index is -3.37. The summed E-state index contributed by atoms with van der Waals surface area (Å²) >= 11 is 0. The molecule has 1 aromatic carbocycles. The third-order valence-corrected chi connectivity index (χ3v) is 4.44. The monoisotopic (exact) mass is 290 g/mol. The first-order valence-electron chi connectivity index (χ1n) is 5.88. The Balaban J connectivity index is 0.00000162. The fourth-order valence-corrected chi connectivity index (χ4v) is 3.40. The van der Waals surface area contributed by atoms with Crippen molar-refractivity contribution in [2.24, 2.45) is 0 Å². The van der Waals surface area contributed by atoms with Gasteiger partial charge >= 0.3 is 0 Å². The Kier molecular flexibility index (Phi) is 5.59. The summed E-state index contributed by atoms with van der Waals surface area (Å²) in [5.74, 6) is 0. The average molecular weight is 291 g/mol. The van der Waals surface area contributed by atoms with Crippen LogP contribution < -0.4 is 10.0 Å². The van der Waals surface area contributed by atoms with Crippen LogP contribution in [-0.2, 0) is 10.0 Å². The van der Waals surface area contributed by atoms with E-state index in [1.807, 2.05) is 13.0 Å². The molecule has 102 valence electrons. The highest BCUT2D eigenvalue weighted by molar-refractivity contribution is 7.89. The lowest BCUT2D eigenvalue weighted by molar-refractivity contribution is 0.428. The minimum absolute atomic E-state index is 0. The summed E-state index contributed by atoms with van der Waals surface area (Å²) in [5.41, 5.74) is 0.953. The summed E-state index contributed by atoms with van der Waals surface area (Å²) in [6.07, 6.45) is 1.92. The lowest BCUT2D eigenvalue weighted by atomic mass is 10.1. The maximum absolute atomic E-state index is 12.1. The number of halogens is 1. The van der Waals surface area contributed by atoms with Crippen LogP contribution in [0.2, 0.25) is 0 Å². The zero-order valence-electron chi connectivity index (χ0n) is 10.3. The SMILES string of the molecule is Cc1cccc(S(=O)(=O)NC2CCCNC2)c1.Cl. The molecule has 0 aromatic heterocycles. The molecule has 1 aliphatic heterocycles. The standard InChI is InChI=1S/C12H18N2O2S.ClH/c1-10-4-2-6-12(8-10)17(15,16)14-11-5-3-7-13-9-11;/h2,4,6,8,11,13-14H,3,5,7,9H2,1H3;1H. The minimum Gasteiger partial charge on any atom is -0.315 e. The third-order valence-electron chi connectivity index (χ3n) is 2.92. The summed E-state index contributed by atoms with van der Waals surface area (Å²) in [6.45, 7) is 3.58. The molecular formula is C12H19ClN2O2S. The van der Waals surface area contributed by atoms with Gasteiger partial charge in [0.2, 0.25) is 10.0 Å². The first-order valence-corrected chi connectivity index (χ1v) is 7.36. The number of benzene rings is 1. The van der Waals surface area contributed by atoms with Crippen LogP contribution in [0.15, 0.2) is 29.2 Å². The van der Waals surface area contributed by atoms with Gasteiger partial charge < -0.3 is 5.32 Å². The molecule has 1 heterocycles. The van der Waals surface area contributed by atoms with Gasteiger partial charge in [0, 0.05) is 12.6 Å². The second kappa shape index (κ2) is 6.52. The van der Waals surface area contributed by atoms with E-state index in [2.05, 4.69) is 10.0 Å². The third kappa shape index (κ3) is 3.95. The summed E-state index contributed by atoms with van der Waals surface area (Å²) in [6, 6.07) is 6.99. The van der Waals surface area contributed by atoms with E-state index in [4.69, 9.17) is 0 Å². The van der Waals surface area contributed by atoms with E-state index in [1.165, 1.54) is 0 Å². The van der Waals surface area contributed by atoms with Crippen LogP contribution in [0, 0.1) is 6.92 Å². The average Bonchev–Trinajstić information content (AvgIpc) is 2.30. The van der Waals surface area contributed by atoms with Crippen molar-refractivity contribution >= 4 is 22.4 Å². The molecule has 2 rings (SSSR count). The molecule has 1 atom stereocenters. The van der Waals surface area contributed by atoms with Gasteiger partial charge in [-0.15, -0.1) is 12.4 Å². The van der Waals surface area contributed by atoms with Crippen molar-refractivity contribution in [2.45, 2.75) is 30.7 Å². The van der Waals surface area contributed by atoms with Crippen LogP contribution in [0.3, 0.4) is 0 Å². The van der Waals surface area contributed by atoms with Gasteiger partial charge in [-0.05, 0) is 44.0 Å². The van der Waals surface area contributed by atoms with Gasteiger partial charge in [0.25, 0.3) is 0 Å². The van der Waals surface area contributed by atoms with Crippen molar-refractivity contribution in [3.63, 3.8) is 0 Å². The van der Waals surface area contributed by atoms with Gasteiger partial charge in [-0.1, -0.05) is 12.1 Å². The number of aryl methyl sites for hydroxylation is 1. The van der Waals surface area contributed by atoms with Crippen molar-refractivity contribution in [1.29, 1.82) is 0 Å². The Hall–Kier alpha value is -0.620. The second-order valence-electron chi connectivity index (χ2n) is 4.48. The first-order chi connectivity index (χ1) is 8.08. The molecular weight excluding hydrogens is 272 g/mol. The van der Waals surface area contributed by atoms with E-state index >= 15 is 0 Å². The van der Waals surface area contributed by atoms with E-state index in [1.54, 1.807) is 18.2 Å². The molecule has 1 fully saturated rings. The number of nitrogens with one attached hydrogen (secondary N) is 2. The van der Waals surface area contributed by atoms with Gasteiger partial charge in [0.1, 0.15) is 0 Å².